The lowest BCUT2D eigenvalue weighted by molar-refractivity contribution is 0.102. The van der Waals surface area contributed by atoms with Crippen molar-refractivity contribution >= 4 is 34.2 Å². The molecule has 0 aliphatic heterocycles. The van der Waals surface area contributed by atoms with Crippen LogP contribution >= 0.6 is 22.6 Å². The monoisotopic (exact) mass is 367 g/mol. The van der Waals surface area contributed by atoms with Gasteiger partial charge in [-0.05, 0) is 53.8 Å². The highest BCUT2D eigenvalue weighted by Gasteiger charge is 2.11. The van der Waals surface area contributed by atoms with Crippen LogP contribution in [0.1, 0.15) is 28.9 Å². The van der Waals surface area contributed by atoms with Crippen molar-refractivity contribution in [3.05, 3.63) is 63.2 Å². The number of amides is 1. The van der Waals surface area contributed by atoms with E-state index in [4.69, 9.17) is 0 Å². The minimum atomic E-state index is -0.618. The predicted octanol–water partition coefficient (Wildman–Crippen LogP) is 3.60. The first kappa shape index (κ1) is 14.0. The van der Waals surface area contributed by atoms with Crippen LogP contribution < -0.4 is 5.32 Å². The molecule has 3 nitrogen and oxygen atoms in total. The van der Waals surface area contributed by atoms with Crippen molar-refractivity contribution in [1.29, 1.82) is 0 Å². The standard InChI is InChI=1S/C15H14INO2/c1-10(18)13-7-2-3-8-14(13)17-15(19)11-5-4-6-12(16)9-11/h2-10,18H,1H3,(H,17,19). The quantitative estimate of drug-likeness (QED) is 0.815. The highest BCUT2D eigenvalue weighted by Crippen LogP contribution is 2.22. The molecule has 2 N–H and O–H groups in total. The summed E-state index contributed by atoms with van der Waals surface area (Å²) in [5.41, 5.74) is 1.95. The van der Waals surface area contributed by atoms with E-state index in [1.807, 2.05) is 30.3 Å². The zero-order chi connectivity index (χ0) is 13.8. The summed E-state index contributed by atoms with van der Waals surface area (Å²) in [6.07, 6.45) is -0.618. The number of aliphatic hydroxyl groups is 1. The number of halogens is 1. The second-order valence-corrected chi connectivity index (χ2v) is 5.47. The summed E-state index contributed by atoms with van der Waals surface area (Å²) in [5.74, 6) is -0.174. The first-order valence-corrected chi connectivity index (χ1v) is 6.99. The minimum Gasteiger partial charge on any atom is -0.389 e. The molecule has 1 unspecified atom stereocenters. The van der Waals surface area contributed by atoms with E-state index in [-0.39, 0.29) is 5.91 Å². The maximum atomic E-state index is 12.1. The minimum absolute atomic E-state index is 0.174. The predicted molar refractivity (Wildman–Crippen MR) is 84.2 cm³/mol. The summed E-state index contributed by atoms with van der Waals surface area (Å²) in [6.45, 7) is 1.68. The molecule has 0 fully saturated rings. The Kier molecular flexibility index (Phi) is 4.55. The molecule has 0 radical (unpaired) electrons. The number of para-hydroxylation sites is 1. The Hall–Kier alpha value is -1.40. The van der Waals surface area contributed by atoms with Gasteiger partial charge in [0, 0.05) is 20.4 Å². The molecule has 0 aromatic heterocycles. The summed E-state index contributed by atoms with van der Waals surface area (Å²) in [7, 11) is 0. The van der Waals surface area contributed by atoms with E-state index in [1.165, 1.54) is 0 Å². The van der Waals surface area contributed by atoms with Gasteiger partial charge in [-0.2, -0.15) is 0 Å². The van der Waals surface area contributed by atoms with Gasteiger partial charge in [0.15, 0.2) is 0 Å². The number of hydrogen-bond acceptors (Lipinski definition) is 2. The second kappa shape index (κ2) is 6.16. The van der Waals surface area contributed by atoms with Crippen LogP contribution in [0.4, 0.5) is 5.69 Å². The Balaban J connectivity index is 2.24. The van der Waals surface area contributed by atoms with Gasteiger partial charge in [-0.25, -0.2) is 0 Å². The van der Waals surface area contributed by atoms with Crippen LogP contribution in [-0.4, -0.2) is 11.0 Å². The number of aliphatic hydroxyl groups excluding tert-OH is 1. The molecular weight excluding hydrogens is 353 g/mol. The average Bonchev–Trinajstić information content (AvgIpc) is 2.39. The number of carbonyl (C=O) groups is 1. The van der Waals surface area contributed by atoms with E-state index in [9.17, 15) is 9.90 Å². The van der Waals surface area contributed by atoms with Crippen molar-refractivity contribution in [2.75, 3.05) is 5.32 Å². The molecule has 2 aromatic carbocycles. The molecule has 4 heteroatoms. The van der Waals surface area contributed by atoms with Crippen LogP contribution in [0.2, 0.25) is 0 Å². The van der Waals surface area contributed by atoms with Crippen LogP contribution in [0.5, 0.6) is 0 Å². The normalized spacial score (nSPS) is 11.9. The average molecular weight is 367 g/mol. The van der Waals surface area contributed by atoms with Crippen LogP contribution in [-0.2, 0) is 0 Å². The van der Waals surface area contributed by atoms with Crippen molar-refractivity contribution in [2.45, 2.75) is 13.0 Å². The second-order valence-electron chi connectivity index (χ2n) is 4.23. The van der Waals surface area contributed by atoms with E-state index >= 15 is 0 Å². The fraction of sp³-hybridized carbons (Fsp3) is 0.133. The third kappa shape index (κ3) is 3.54. The summed E-state index contributed by atoms with van der Waals surface area (Å²) < 4.78 is 1.01. The fourth-order valence-electron chi connectivity index (χ4n) is 1.80. The number of benzene rings is 2. The maximum Gasteiger partial charge on any atom is 0.255 e. The molecule has 0 spiro atoms. The lowest BCUT2D eigenvalue weighted by atomic mass is 10.1. The fourth-order valence-corrected chi connectivity index (χ4v) is 2.34. The lowest BCUT2D eigenvalue weighted by Gasteiger charge is -2.13. The van der Waals surface area contributed by atoms with Crippen molar-refractivity contribution in [3.63, 3.8) is 0 Å². The summed E-state index contributed by atoms with van der Waals surface area (Å²) in [5, 5.41) is 12.5. The van der Waals surface area contributed by atoms with Crippen molar-refractivity contribution < 1.29 is 9.90 Å². The van der Waals surface area contributed by atoms with E-state index < -0.39 is 6.10 Å². The number of rotatable bonds is 3. The first-order valence-electron chi connectivity index (χ1n) is 5.92. The van der Waals surface area contributed by atoms with E-state index in [1.54, 1.807) is 25.1 Å². The first-order chi connectivity index (χ1) is 9.08. The van der Waals surface area contributed by atoms with Gasteiger partial charge in [0.1, 0.15) is 0 Å². The van der Waals surface area contributed by atoms with E-state index in [0.717, 1.165) is 3.57 Å². The third-order valence-corrected chi connectivity index (χ3v) is 3.42. The molecule has 1 atom stereocenters. The van der Waals surface area contributed by atoms with Gasteiger partial charge in [-0.1, -0.05) is 24.3 Å². The van der Waals surface area contributed by atoms with Gasteiger partial charge in [-0.15, -0.1) is 0 Å². The topological polar surface area (TPSA) is 49.3 Å². The smallest absolute Gasteiger partial charge is 0.255 e. The molecule has 0 aliphatic carbocycles. The largest absolute Gasteiger partial charge is 0.389 e. The molecule has 0 aliphatic rings. The van der Waals surface area contributed by atoms with Gasteiger partial charge in [0.25, 0.3) is 5.91 Å². The molecule has 0 saturated heterocycles. The van der Waals surface area contributed by atoms with Gasteiger partial charge >= 0.3 is 0 Å². The molecule has 0 heterocycles. The third-order valence-electron chi connectivity index (χ3n) is 2.75. The maximum absolute atomic E-state index is 12.1. The summed E-state index contributed by atoms with van der Waals surface area (Å²) >= 11 is 2.17. The number of nitrogens with one attached hydrogen (secondary N) is 1. The van der Waals surface area contributed by atoms with Crippen LogP contribution in [0.3, 0.4) is 0 Å². The van der Waals surface area contributed by atoms with Crippen LogP contribution in [0.15, 0.2) is 48.5 Å². The lowest BCUT2D eigenvalue weighted by Crippen LogP contribution is -2.14. The van der Waals surface area contributed by atoms with E-state index in [0.29, 0.717) is 16.8 Å². The Labute approximate surface area is 125 Å². The zero-order valence-corrected chi connectivity index (χ0v) is 12.6. The Morgan fingerprint density at radius 3 is 2.63 bits per heavy atom. The Morgan fingerprint density at radius 1 is 1.21 bits per heavy atom. The van der Waals surface area contributed by atoms with Gasteiger partial charge < -0.3 is 10.4 Å². The SMILES string of the molecule is CC(O)c1ccccc1NC(=O)c1cccc(I)c1. The molecular formula is C15H14INO2. The van der Waals surface area contributed by atoms with Crippen molar-refractivity contribution in [3.8, 4) is 0 Å². The highest BCUT2D eigenvalue weighted by molar-refractivity contribution is 14.1. The van der Waals surface area contributed by atoms with Crippen LogP contribution in [0, 0.1) is 3.57 Å². The Bertz CT molecular complexity index is 596. The molecule has 2 aromatic rings. The van der Waals surface area contributed by atoms with Gasteiger partial charge in [0.2, 0.25) is 0 Å². The molecule has 0 bridgehead atoms. The van der Waals surface area contributed by atoms with Crippen LogP contribution in [0.25, 0.3) is 0 Å². The molecule has 0 saturated carbocycles. The number of carbonyl (C=O) groups excluding carboxylic acids is 1. The number of anilines is 1. The zero-order valence-electron chi connectivity index (χ0n) is 10.4. The van der Waals surface area contributed by atoms with Gasteiger partial charge in [0.05, 0.1) is 6.10 Å². The van der Waals surface area contributed by atoms with Crippen molar-refractivity contribution in [2.24, 2.45) is 0 Å². The Morgan fingerprint density at radius 2 is 1.95 bits per heavy atom. The van der Waals surface area contributed by atoms with Crippen molar-refractivity contribution in [1.82, 2.24) is 0 Å². The number of hydrogen-bond donors (Lipinski definition) is 2. The van der Waals surface area contributed by atoms with Gasteiger partial charge in [-0.3, -0.25) is 4.79 Å². The highest BCUT2D eigenvalue weighted by atomic mass is 127. The summed E-state index contributed by atoms with van der Waals surface area (Å²) in [4.78, 5) is 12.1. The molecule has 98 valence electrons. The molecule has 2 rings (SSSR count). The van der Waals surface area contributed by atoms with E-state index in [2.05, 4.69) is 27.9 Å². The summed E-state index contributed by atoms with van der Waals surface area (Å²) in [6, 6.07) is 14.6. The molecule has 19 heavy (non-hydrogen) atoms. The molecule has 1 amide bonds.